The molecule has 0 fully saturated rings. The molecule has 2 N–H and O–H groups in total. The van der Waals surface area contributed by atoms with Gasteiger partial charge < -0.3 is 19.5 Å². The lowest BCUT2D eigenvalue weighted by atomic mass is 10.1. The lowest BCUT2D eigenvalue weighted by molar-refractivity contribution is -0.146. The average molecular weight is 404 g/mol. The largest absolute Gasteiger partial charge is 0.507 e. The first-order valence-electron chi connectivity index (χ1n) is 8.10. The molecule has 0 atom stereocenters. The molecule has 6 nitrogen and oxygen atoms in total. The smallest absolute Gasteiger partial charge is 0.376 e. The highest BCUT2D eigenvalue weighted by Crippen LogP contribution is 2.34. The number of methoxy groups -OCH3 is 1. The minimum atomic E-state index is -1.69. The molecule has 0 saturated heterocycles. The number of aliphatic hydroxyl groups excluding tert-OH is 1. The van der Waals surface area contributed by atoms with Crippen molar-refractivity contribution in [1.29, 1.82) is 0 Å². The molecule has 3 aromatic rings. The Labute approximate surface area is 164 Å². The lowest BCUT2D eigenvalue weighted by Crippen LogP contribution is -2.09. The van der Waals surface area contributed by atoms with Crippen LogP contribution in [0.25, 0.3) is 16.7 Å². The van der Waals surface area contributed by atoms with Crippen LogP contribution in [0, 0.1) is 5.82 Å². The summed E-state index contributed by atoms with van der Waals surface area (Å²) < 4.78 is 20.8. The maximum absolute atomic E-state index is 13.8. The summed E-state index contributed by atoms with van der Waals surface area (Å²) in [6.07, 6.45) is 2.15. The number of carbonyl (C=O) groups is 2. The van der Waals surface area contributed by atoms with Gasteiger partial charge in [-0.3, -0.25) is 4.79 Å². The average Bonchev–Trinajstić information content (AvgIpc) is 3.04. The van der Waals surface area contributed by atoms with Crippen molar-refractivity contribution in [3.8, 4) is 5.75 Å². The number of fused-ring (bicyclic) bond motifs is 1. The zero-order valence-corrected chi connectivity index (χ0v) is 15.4. The number of aliphatic hydroxyl groups is 1. The van der Waals surface area contributed by atoms with Gasteiger partial charge in [0.2, 0.25) is 0 Å². The Morgan fingerprint density at radius 3 is 2.61 bits per heavy atom. The standard InChI is InChI=1S/C20H15ClFNO5/c1-28-17-7-3-6-14-18(17)12(15(24)8-16(25)20(26)27)10-23(14)9-11-4-2-5-13(22)19(11)21/h2-8,10,24H,9H2,1H3,(H,26,27)/b15-8-. The van der Waals surface area contributed by atoms with Crippen LogP contribution < -0.4 is 4.74 Å². The van der Waals surface area contributed by atoms with Gasteiger partial charge in [0.25, 0.3) is 5.78 Å². The molecule has 0 aliphatic heterocycles. The summed E-state index contributed by atoms with van der Waals surface area (Å²) >= 11 is 6.04. The number of carboxylic acid groups (broad SMARTS) is 1. The minimum Gasteiger partial charge on any atom is -0.507 e. The van der Waals surface area contributed by atoms with Crippen LogP contribution in [-0.2, 0) is 16.1 Å². The molecule has 28 heavy (non-hydrogen) atoms. The Balaban J connectivity index is 2.19. The SMILES string of the molecule is COc1cccc2c1c(/C(O)=C/C(=O)C(=O)O)cn2Cc1cccc(F)c1Cl. The van der Waals surface area contributed by atoms with Crippen molar-refractivity contribution in [2.24, 2.45) is 0 Å². The van der Waals surface area contributed by atoms with Crippen molar-refractivity contribution >= 4 is 40.0 Å². The minimum absolute atomic E-state index is 0.0189. The Morgan fingerprint density at radius 1 is 1.21 bits per heavy atom. The third kappa shape index (κ3) is 3.57. The molecule has 0 aliphatic rings. The summed E-state index contributed by atoms with van der Waals surface area (Å²) in [5, 5.41) is 19.6. The van der Waals surface area contributed by atoms with E-state index in [9.17, 15) is 19.1 Å². The van der Waals surface area contributed by atoms with Crippen LogP contribution in [0.2, 0.25) is 5.02 Å². The molecule has 0 spiro atoms. The molecule has 3 rings (SSSR count). The van der Waals surface area contributed by atoms with Gasteiger partial charge in [0.15, 0.2) is 0 Å². The van der Waals surface area contributed by atoms with Gasteiger partial charge in [-0.25, -0.2) is 9.18 Å². The fourth-order valence-corrected chi connectivity index (χ4v) is 3.12. The molecular weight excluding hydrogens is 389 g/mol. The summed E-state index contributed by atoms with van der Waals surface area (Å²) in [5.41, 5.74) is 1.34. The Hall–Kier alpha value is -3.32. The van der Waals surface area contributed by atoms with E-state index in [0.717, 1.165) is 0 Å². The predicted molar refractivity (Wildman–Crippen MR) is 102 cm³/mol. The molecule has 0 radical (unpaired) electrons. The number of halogens is 2. The normalized spacial score (nSPS) is 11.6. The van der Waals surface area contributed by atoms with Crippen LogP contribution in [0.15, 0.2) is 48.7 Å². The Morgan fingerprint density at radius 2 is 1.93 bits per heavy atom. The number of nitrogens with zero attached hydrogens (tertiary/aromatic N) is 1. The van der Waals surface area contributed by atoms with E-state index in [4.69, 9.17) is 21.4 Å². The second-order valence-electron chi connectivity index (χ2n) is 5.94. The van der Waals surface area contributed by atoms with Gasteiger partial charge in [0, 0.05) is 24.4 Å². The predicted octanol–water partition coefficient (Wildman–Crippen LogP) is 4.04. The first-order chi connectivity index (χ1) is 13.3. The van der Waals surface area contributed by atoms with Crippen molar-refractivity contribution in [2.45, 2.75) is 6.54 Å². The highest BCUT2D eigenvalue weighted by Gasteiger charge is 2.19. The van der Waals surface area contributed by atoms with Crippen molar-refractivity contribution in [3.05, 3.63) is 70.6 Å². The second-order valence-corrected chi connectivity index (χ2v) is 6.31. The Bertz CT molecular complexity index is 1120. The first-order valence-corrected chi connectivity index (χ1v) is 8.48. The molecule has 0 bridgehead atoms. The molecule has 2 aromatic carbocycles. The fourth-order valence-electron chi connectivity index (χ4n) is 2.93. The van der Waals surface area contributed by atoms with E-state index in [2.05, 4.69) is 0 Å². The molecule has 8 heteroatoms. The van der Waals surface area contributed by atoms with E-state index in [1.165, 1.54) is 25.4 Å². The molecule has 0 aliphatic carbocycles. The second kappa shape index (κ2) is 7.74. The van der Waals surface area contributed by atoms with Gasteiger partial charge in [-0.15, -0.1) is 0 Å². The van der Waals surface area contributed by atoms with Gasteiger partial charge in [0.1, 0.15) is 17.3 Å². The highest BCUT2D eigenvalue weighted by molar-refractivity contribution is 6.38. The van der Waals surface area contributed by atoms with Crippen molar-refractivity contribution in [2.75, 3.05) is 7.11 Å². The van der Waals surface area contributed by atoms with E-state index in [1.807, 2.05) is 0 Å². The first kappa shape index (κ1) is 19.4. The van der Waals surface area contributed by atoms with Crippen LogP contribution in [-0.4, -0.2) is 33.6 Å². The number of aromatic nitrogens is 1. The van der Waals surface area contributed by atoms with Gasteiger partial charge in [-0.2, -0.15) is 0 Å². The van der Waals surface area contributed by atoms with Crippen LogP contribution in [0.3, 0.4) is 0 Å². The summed E-state index contributed by atoms with van der Waals surface area (Å²) in [7, 11) is 1.45. The fraction of sp³-hybridized carbons (Fsp3) is 0.100. The Kier molecular flexibility index (Phi) is 5.37. The van der Waals surface area contributed by atoms with Gasteiger partial charge in [0.05, 0.1) is 23.0 Å². The molecule has 0 unspecified atom stereocenters. The van der Waals surface area contributed by atoms with Crippen molar-refractivity contribution < 1.29 is 28.9 Å². The third-order valence-electron chi connectivity index (χ3n) is 4.21. The summed E-state index contributed by atoms with van der Waals surface area (Å²) in [5.74, 6) is -3.61. The zero-order valence-electron chi connectivity index (χ0n) is 14.6. The van der Waals surface area contributed by atoms with Gasteiger partial charge in [-0.1, -0.05) is 29.8 Å². The summed E-state index contributed by atoms with van der Waals surface area (Å²) in [4.78, 5) is 22.2. The van der Waals surface area contributed by atoms with Crippen molar-refractivity contribution in [3.63, 3.8) is 0 Å². The molecule has 0 saturated carbocycles. The molecule has 0 amide bonds. The number of aliphatic carboxylic acids is 1. The van der Waals surface area contributed by atoms with E-state index in [-0.39, 0.29) is 17.1 Å². The molecule has 1 heterocycles. The molecule has 1 aromatic heterocycles. The van der Waals surface area contributed by atoms with E-state index < -0.39 is 23.3 Å². The lowest BCUT2D eigenvalue weighted by Gasteiger charge is -2.09. The van der Waals surface area contributed by atoms with Crippen molar-refractivity contribution in [1.82, 2.24) is 4.57 Å². The number of carbonyl (C=O) groups excluding carboxylic acids is 1. The van der Waals surface area contributed by atoms with E-state index >= 15 is 0 Å². The van der Waals surface area contributed by atoms with Gasteiger partial charge >= 0.3 is 5.97 Å². The summed E-state index contributed by atoms with van der Waals surface area (Å²) in [6.45, 7) is 0.181. The quantitative estimate of drug-likeness (QED) is 0.368. The number of ketones is 1. The maximum atomic E-state index is 13.8. The van der Waals surface area contributed by atoms with Crippen LogP contribution in [0.1, 0.15) is 11.1 Å². The number of rotatable bonds is 6. The number of hydrogen-bond donors (Lipinski definition) is 2. The third-order valence-corrected chi connectivity index (χ3v) is 4.64. The topological polar surface area (TPSA) is 88.8 Å². The van der Waals surface area contributed by atoms with Crippen LogP contribution in [0.5, 0.6) is 5.75 Å². The number of ether oxygens (including phenoxy) is 1. The number of benzene rings is 2. The van der Waals surface area contributed by atoms with E-state index in [1.54, 1.807) is 28.8 Å². The summed E-state index contributed by atoms with van der Waals surface area (Å²) in [6, 6.07) is 9.60. The number of carboxylic acids is 1. The zero-order chi connectivity index (χ0) is 20.4. The molecular formula is C20H15ClFNO5. The van der Waals surface area contributed by atoms with Gasteiger partial charge in [-0.05, 0) is 23.8 Å². The molecule has 144 valence electrons. The highest BCUT2D eigenvalue weighted by atomic mass is 35.5. The monoisotopic (exact) mass is 403 g/mol. The van der Waals surface area contributed by atoms with Crippen LogP contribution in [0.4, 0.5) is 4.39 Å². The van der Waals surface area contributed by atoms with Crippen LogP contribution >= 0.6 is 11.6 Å². The maximum Gasteiger partial charge on any atom is 0.376 e. The van der Waals surface area contributed by atoms with E-state index in [0.29, 0.717) is 28.3 Å². The number of hydrogen-bond acceptors (Lipinski definition) is 4.